The van der Waals surface area contributed by atoms with Crippen molar-refractivity contribution in [1.82, 2.24) is 0 Å². The van der Waals surface area contributed by atoms with Crippen LogP contribution in [0, 0.1) is 5.41 Å². The molecule has 0 fully saturated rings. The van der Waals surface area contributed by atoms with E-state index in [1.54, 1.807) is 0 Å². The van der Waals surface area contributed by atoms with E-state index in [-0.39, 0.29) is 0 Å². The molecule has 2 heteroatoms. The summed E-state index contributed by atoms with van der Waals surface area (Å²) < 4.78 is 6.30. The van der Waals surface area contributed by atoms with Gasteiger partial charge in [0, 0.05) is 27.6 Å². The third kappa shape index (κ3) is 3.41. The van der Waals surface area contributed by atoms with Gasteiger partial charge in [0.05, 0.1) is 0 Å². The van der Waals surface area contributed by atoms with Crippen LogP contribution in [0.3, 0.4) is 0 Å². The van der Waals surface area contributed by atoms with E-state index in [1.807, 2.05) is 31.2 Å². The van der Waals surface area contributed by atoms with E-state index in [9.17, 15) is 0 Å². The van der Waals surface area contributed by atoms with Crippen LogP contribution in [0.25, 0.3) is 55.3 Å². The van der Waals surface area contributed by atoms with E-state index in [4.69, 9.17) is 9.83 Å². The lowest BCUT2D eigenvalue weighted by molar-refractivity contribution is 0.670. The summed E-state index contributed by atoms with van der Waals surface area (Å²) in [6.45, 7) is 1.82. The number of benzene rings is 5. The largest absolute Gasteiger partial charge is 0.455 e. The van der Waals surface area contributed by atoms with Crippen LogP contribution in [0.4, 0.5) is 0 Å². The zero-order valence-electron chi connectivity index (χ0n) is 18.9. The first kappa shape index (κ1) is 20.2. The van der Waals surface area contributed by atoms with Crippen molar-refractivity contribution in [3.63, 3.8) is 0 Å². The fourth-order valence-electron chi connectivity index (χ4n) is 4.72. The first-order valence-electron chi connectivity index (χ1n) is 11.4. The van der Waals surface area contributed by atoms with E-state index < -0.39 is 0 Å². The first-order valence-corrected chi connectivity index (χ1v) is 11.4. The Bertz CT molecular complexity index is 1640. The minimum Gasteiger partial charge on any atom is -0.455 e. The summed E-state index contributed by atoms with van der Waals surface area (Å²) in [6, 6.07) is 40.0. The van der Waals surface area contributed by atoms with E-state index in [2.05, 4.69) is 91.0 Å². The highest BCUT2D eigenvalue weighted by molar-refractivity contribution is 6.18. The van der Waals surface area contributed by atoms with Crippen LogP contribution in [0.1, 0.15) is 12.5 Å². The predicted octanol–water partition coefficient (Wildman–Crippen LogP) is 8.97. The number of fused-ring (bicyclic) bond motifs is 3. The van der Waals surface area contributed by atoms with Gasteiger partial charge in [-0.1, -0.05) is 109 Å². The van der Waals surface area contributed by atoms with Crippen LogP contribution in [0.15, 0.2) is 120 Å². The second-order valence-corrected chi connectivity index (χ2v) is 8.61. The van der Waals surface area contributed by atoms with Gasteiger partial charge in [-0.3, -0.25) is 0 Å². The maximum Gasteiger partial charge on any atom is 0.143 e. The van der Waals surface area contributed by atoms with Gasteiger partial charge in [0.2, 0.25) is 0 Å². The quantitative estimate of drug-likeness (QED) is 0.275. The lowest BCUT2D eigenvalue weighted by Crippen LogP contribution is -1.91. The summed E-state index contributed by atoms with van der Waals surface area (Å²) in [7, 11) is 0. The summed E-state index contributed by atoms with van der Waals surface area (Å²) in [5.74, 6) is 0. The fraction of sp³-hybridized carbons (Fsp3) is 0.0312. The SMILES string of the molecule is CC(=N)c1cccc2oc3c(-c4ccc(-c5ccc(-c6ccccc6)cc5)cc4)cccc3c12. The van der Waals surface area contributed by atoms with Crippen molar-refractivity contribution in [3.05, 3.63) is 121 Å². The molecule has 0 aliphatic carbocycles. The molecule has 0 bridgehead atoms. The molecule has 0 aliphatic heterocycles. The number of hydrogen-bond acceptors (Lipinski definition) is 2. The number of hydrogen-bond donors (Lipinski definition) is 1. The van der Waals surface area contributed by atoms with Gasteiger partial charge in [-0.2, -0.15) is 0 Å². The Balaban J connectivity index is 1.38. The van der Waals surface area contributed by atoms with Gasteiger partial charge in [-0.15, -0.1) is 0 Å². The van der Waals surface area contributed by atoms with Gasteiger partial charge >= 0.3 is 0 Å². The molecule has 5 aromatic carbocycles. The maximum absolute atomic E-state index is 8.17. The molecular weight excluding hydrogens is 414 g/mol. The van der Waals surface area contributed by atoms with Crippen LogP contribution in [-0.4, -0.2) is 5.71 Å². The van der Waals surface area contributed by atoms with Crippen molar-refractivity contribution in [3.8, 4) is 33.4 Å². The first-order chi connectivity index (χ1) is 16.7. The number of rotatable bonds is 4. The maximum atomic E-state index is 8.17. The van der Waals surface area contributed by atoms with Gasteiger partial charge in [-0.05, 0) is 40.8 Å². The summed E-state index contributed by atoms with van der Waals surface area (Å²) in [4.78, 5) is 0. The molecule has 162 valence electrons. The molecule has 34 heavy (non-hydrogen) atoms. The van der Waals surface area contributed by atoms with Gasteiger partial charge in [-0.25, -0.2) is 0 Å². The van der Waals surface area contributed by atoms with Crippen LogP contribution in [0.2, 0.25) is 0 Å². The van der Waals surface area contributed by atoms with Crippen molar-refractivity contribution in [2.24, 2.45) is 0 Å². The van der Waals surface area contributed by atoms with Crippen molar-refractivity contribution >= 4 is 27.7 Å². The van der Waals surface area contributed by atoms with Crippen molar-refractivity contribution in [2.75, 3.05) is 0 Å². The number of para-hydroxylation sites is 1. The molecule has 0 spiro atoms. The van der Waals surface area contributed by atoms with E-state index in [1.165, 1.54) is 22.3 Å². The van der Waals surface area contributed by atoms with Gasteiger partial charge in [0.25, 0.3) is 0 Å². The molecule has 0 atom stereocenters. The Morgan fingerprint density at radius 2 is 1.12 bits per heavy atom. The molecule has 0 amide bonds. The molecule has 6 rings (SSSR count). The summed E-state index contributed by atoms with van der Waals surface area (Å²) in [5, 5.41) is 10.2. The van der Waals surface area contributed by atoms with Gasteiger partial charge in [0.15, 0.2) is 0 Å². The van der Waals surface area contributed by atoms with Crippen molar-refractivity contribution < 1.29 is 4.42 Å². The van der Waals surface area contributed by atoms with Crippen LogP contribution in [-0.2, 0) is 0 Å². The van der Waals surface area contributed by atoms with Crippen LogP contribution < -0.4 is 0 Å². The Morgan fingerprint density at radius 3 is 1.74 bits per heavy atom. The highest BCUT2D eigenvalue weighted by Crippen LogP contribution is 2.38. The Morgan fingerprint density at radius 1 is 0.559 bits per heavy atom. The van der Waals surface area contributed by atoms with E-state index in [0.29, 0.717) is 5.71 Å². The third-order valence-corrected chi connectivity index (χ3v) is 6.45. The summed E-state index contributed by atoms with van der Waals surface area (Å²) in [6.07, 6.45) is 0. The zero-order chi connectivity index (χ0) is 23.1. The van der Waals surface area contributed by atoms with Gasteiger partial charge < -0.3 is 9.83 Å². The smallest absolute Gasteiger partial charge is 0.143 e. The molecule has 0 unspecified atom stereocenters. The molecule has 0 saturated carbocycles. The van der Waals surface area contributed by atoms with Crippen LogP contribution >= 0.6 is 0 Å². The molecular formula is C32H23NO. The average Bonchev–Trinajstić information content (AvgIpc) is 3.28. The van der Waals surface area contributed by atoms with E-state index in [0.717, 1.165) is 38.6 Å². The normalized spacial score (nSPS) is 11.2. The fourth-order valence-corrected chi connectivity index (χ4v) is 4.72. The number of nitrogens with one attached hydrogen (secondary N) is 1. The minimum atomic E-state index is 0.543. The molecule has 1 aromatic heterocycles. The zero-order valence-corrected chi connectivity index (χ0v) is 18.9. The average molecular weight is 438 g/mol. The van der Waals surface area contributed by atoms with Crippen molar-refractivity contribution in [2.45, 2.75) is 6.92 Å². The second kappa shape index (κ2) is 8.17. The predicted molar refractivity (Wildman–Crippen MR) is 143 cm³/mol. The molecule has 0 radical (unpaired) electrons. The Kier molecular flexibility index (Phi) is 4.85. The third-order valence-electron chi connectivity index (χ3n) is 6.45. The Hall–Kier alpha value is -4.43. The molecule has 6 aromatic rings. The molecule has 1 N–H and O–H groups in total. The minimum absolute atomic E-state index is 0.543. The molecule has 2 nitrogen and oxygen atoms in total. The molecule has 0 saturated heterocycles. The lowest BCUT2D eigenvalue weighted by Gasteiger charge is -2.07. The highest BCUT2D eigenvalue weighted by Gasteiger charge is 2.15. The monoisotopic (exact) mass is 437 g/mol. The summed E-state index contributed by atoms with van der Waals surface area (Å²) in [5.41, 5.74) is 10.1. The highest BCUT2D eigenvalue weighted by atomic mass is 16.3. The van der Waals surface area contributed by atoms with Crippen LogP contribution in [0.5, 0.6) is 0 Å². The standard InChI is InChI=1S/C32H23NO/c1-21(33)27-9-6-12-30-31(27)29-11-5-10-28(32(29)34-30)26-19-17-25(18-20-26)24-15-13-23(14-16-24)22-7-3-2-4-8-22/h2-20,33H,1H3. The summed E-state index contributed by atoms with van der Waals surface area (Å²) >= 11 is 0. The molecule has 0 aliphatic rings. The number of furan rings is 1. The topological polar surface area (TPSA) is 37.0 Å². The second-order valence-electron chi connectivity index (χ2n) is 8.61. The molecule has 1 heterocycles. The van der Waals surface area contributed by atoms with E-state index >= 15 is 0 Å². The van der Waals surface area contributed by atoms with Crippen molar-refractivity contribution in [1.29, 1.82) is 5.41 Å². The van der Waals surface area contributed by atoms with Gasteiger partial charge in [0.1, 0.15) is 11.2 Å². The lowest BCUT2D eigenvalue weighted by atomic mass is 9.96. The Labute approximate surface area is 198 Å².